The summed E-state index contributed by atoms with van der Waals surface area (Å²) in [6.07, 6.45) is 0. The fourth-order valence-electron chi connectivity index (χ4n) is 1.07. The van der Waals surface area contributed by atoms with Crippen LogP contribution in [0, 0.1) is 0 Å². The summed E-state index contributed by atoms with van der Waals surface area (Å²) < 4.78 is 4.56. The molecular weight excluding hydrogens is 204 g/mol. The Labute approximate surface area is 87.0 Å². The Bertz CT molecular complexity index is 366. The van der Waals surface area contributed by atoms with Crippen molar-refractivity contribution >= 4 is 28.9 Å². The van der Waals surface area contributed by atoms with Crippen molar-refractivity contribution in [1.82, 2.24) is 0 Å². The summed E-state index contributed by atoms with van der Waals surface area (Å²) in [7, 11) is 3.01. The van der Waals surface area contributed by atoms with Gasteiger partial charge in [0.25, 0.3) is 0 Å². The van der Waals surface area contributed by atoms with Crippen molar-refractivity contribution in [3.63, 3.8) is 0 Å². The van der Waals surface area contributed by atoms with Crippen LogP contribution in [-0.4, -0.2) is 20.1 Å². The maximum absolute atomic E-state index is 11.2. The Hall–Kier alpha value is -1.42. The molecule has 4 nitrogen and oxygen atoms in total. The molecule has 0 bridgehead atoms. The number of esters is 1. The lowest BCUT2D eigenvalue weighted by Crippen LogP contribution is -2.05. The maximum Gasteiger partial charge on any atom is 0.339 e. The van der Waals surface area contributed by atoms with Crippen LogP contribution in [0.2, 0.25) is 5.02 Å². The molecular formula is C9H11ClN2O2. The highest BCUT2D eigenvalue weighted by Crippen LogP contribution is 2.27. The van der Waals surface area contributed by atoms with Gasteiger partial charge in [-0.2, -0.15) is 0 Å². The maximum atomic E-state index is 11.2. The van der Waals surface area contributed by atoms with Gasteiger partial charge in [0.05, 0.1) is 29.1 Å². The van der Waals surface area contributed by atoms with E-state index in [-0.39, 0.29) is 5.02 Å². The van der Waals surface area contributed by atoms with Gasteiger partial charge in [0.15, 0.2) is 0 Å². The summed E-state index contributed by atoms with van der Waals surface area (Å²) in [5.74, 6) is -0.480. The van der Waals surface area contributed by atoms with Crippen LogP contribution in [-0.2, 0) is 4.74 Å². The van der Waals surface area contributed by atoms with E-state index in [4.69, 9.17) is 17.3 Å². The molecule has 0 saturated heterocycles. The lowest BCUT2D eigenvalue weighted by Gasteiger charge is -2.08. The Kier molecular flexibility index (Phi) is 3.19. The second kappa shape index (κ2) is 4.19. The van der Waals surface area contributed by atoms with Gasteiger partial charge in [-0.15, -0.1) is 0 Å². The number of hydrogen-bond acceptors (Lipinski definition) is 4. The van der Waals surface area contributed by atoms with E-state index in [9.17, 15) is 4.79 Å². The highest BCUT2D eigenvalue weighted by Gasteiger charge is 2.13. The zero-order valence-electron chi connectivity index (χ0n) is 7.93. The van der Waals surface area contributed by atoms with E-state index in [0.717, 1.165) is 0 Å². The summed E-state index contributed by atoms with van der Waals surface area (Å²) in [6.45, 7) is 0. The molecule has 0 heterocycles. The minimum Gasteiger partial charge on any atom is -0.465 e. The number of nitrogens with one attached hydrogen (secondary N) is 1. The van der Waals surface area contributed by atoms with E-state index in [1.54, 1.807) is 13.1 Å². The van der Waals surface area contributed by atoms with E-state index in [2.05, 4.69) is 10.1 Å². The largest absolute Gasteiger partial charge is 0.465 e. The molecule has 0 aromatic heterocycles. The van der Waals surface area contributed by atoms with E-state index in [1.807, 2.05) is 0 Å². The first-order chi connectivity index (χ1) is 6.60. The zero-order chi connectivity index (χ0) is 10.7. The van der Waals surface area contributed by atoms with Gasteiger partial charge in [0.2, 0.25) is 0 Å². The van der Waals surface area contributed by atoms with Crippen LogP contribution in [0.4, 0.5) is 11.4 Å². The normalized spacial score (nSPS) is 9.64. The molecule has 0 radical (unpaired) electrons. The molecule has 1 aromatic rings. The van der Waals surface area contributed by atoms with Crippen molar-refractivity contribution < 1.29 is 9.53 Å². The number of hydrogen-bond donors (Lipinski definition) is 2. The Morgan fingerprint density at radius 1 is 1.57 bits per heavy atom. The summed E-state index contributed by atoms with van der Waals surface area (Å²) in [4.78, 5) is 11.2. The van der Waals surface area contributed by atoms with Gasteiger partial charge >= 0.3 is 5.97 Å². The lowest BCUT2D eigenvalue weighted by molar-refractivity contribution is 0.0601. The molecule has 0 atom stereocenters. The number of ether oxygens (including phenoxy) is 1. The van der Waals surface area contributed by atoms with Crippen LogP contribution in [0.1, 0.15) is 10.4 Å². The van der Waals surface area contributed by atoms with Gasteiger partial charge in [-0.25, -0.2) is 4.79 Å². The van der Waals surface area contributed by atoms with E-state index < -0.39 is 5.97 Å². The van der Waals surface area contributed by atoms with Crippen LogP contribution in [0.3, 0.4) is 0 Å². The predicted molar refractivity (Wildman–Crippen MR) is 56.8 cm³/mol. The third-order valence-electron chi connectivity index (χ3n) is 1.81. The molecule has 0 aliphatic heterocycles. The molecule has 0 fully saturated rings. The molecule has 14 heavy (non-hydrogen) atoms. The average molecular weight is 215 g/mol. The van der Waals surface area contributed by atoms with Crippen LogP contribution in [0.25, 0.3) is 0 Å². The number of benzene rings is 1. The molecule has 0 unspecified atom stereocenters. The van der Waals surface area contributed by atoms with Crippen LogP contribution < -0.4 is 11.1 Å². The second-order valence-electron chi connectivity index (χ2n) is 2.66. The lowest BCUT2D eigenvalue weighted by atomic mass is 10.1. The van der Waals surface area contributed by atoms with Crippen LogP contribution >= 0.6 is 11.6 Å². The van der Waals surface area contributed by atoms with Crippen LogP contribution in [0.15, 0.2) is 12.1 Å². The standard InChI is InChI=1S/C9H11ClN2O2/c1-12-8-3-5(9(13)14-2)6(10)4-7(8)11/h3-4,12H,11H2,1-2H3. The van der Waals surface area contributed by atoms with Crippen molar-refractivity contribution in [2.45, 2.75) is 0 Å². The quantitative estimate of drug-likeness (QED) is 0.582. The molecule has 0 aliphatic rings. The molecule has 3 N–H and O–H groups in total. The Morgan fingerprint density at radius 2 is 2.21 bits per heavy atom. The molecule has 1 rings (SSSR count). The number of nitrogens with two attached hydrogens (primary N) is 1. The van der Waals surface area contributed by atoms with Crippen molar-refractivity contribution in [1.29, 1.82) is 0 Å². The number of carbonyl (C=O) groups excluding carboxylic acids is 1. The minimum atomic E-state index is -0.480. The van der Waals surface area contributed by atoms with Gasteiger partial charge in [-0.05, 0) is 12.1 Å². The molecule has 5 heteroatoms. The molecule has 0 saturated carbocycles. The minimum absolute atomic E-state index is 0.286. The van der Waals surface area contributed by atoms with Gasteiger partial charge in [-0.3, -0.25) is 0 Å². The highest BCUT2D eigenvalue weighted by atomic mass is 35.5. The van der Waals surface area contributed by atoms with Crippen LogP contribution in [0.5, 0.6) is 0 Å². The van der Waals surface area contributed by atoms with Crippen molar-refractivity contribution in [2.75, 3.05) is 25.2 Å². The molecule has 0 amide bonds. The van der Waals surface area contributed by atoms with E-state index >= 15 is 0 Å². The van der Waals surface area contributed by atoms with Gasteiger partial charge in [0, 0.05) is 7.05 Å². The average Bonchev–Trinajstić information content (AvgIpc) is 2.17. The number of carbonyl (C=O) groups is 1. The number of nitrogen functional groups attached to an aromatic ring is 1. The van der Waals surface area contributed by atoms with Gasteiger partial charge in [0.1, 0.15) is 0 Å². The third kappa shape index (κ3) is 1.90. The first-order valence-corrected chi connectivity index (χ1v) is 4.33. The SMILES string of the molecule is CNc1cc(C(=O)OC)c(Cl)cc1N. The highest BCUT2D eigenvalue weighted by molar-refractivity contribution is 6.34. The topological polar surface area (TPSA) is 64.3 Å². The van der Waals surface area contributed by atoms with Crippen molar-refractivity contribution in [2.24, 2.45) is 0 Å². The van der Waals surface area contributed by atoms with E-state index in [0.29, 0.717) is 16.9 Å². The molecule has 76 valence electrons. The van der Waals surface area contributed by atoms with E-state index in [1.165, 1.54) is 13.2 Å². The summed E-state index contributed by atoms with van der Waals surface area (Å²) in [5.41, 5.74) is 7.08. The first-order valence-electron chi connectivity index (χ1n) is 3.95. The van der Waals surface area contributed by atoms with Crippen molar-refractivity contribution in [3.05, 3.63) is 22.7 Å². The van der Waals surface area contributed by atoms with Crippen molar-refractivity contribution in [3.8, 4) is 0 Å². The van der Waals surface area contributed by atoms with Gasteiger partial charge in [-0.1, -0.05) is 11.6 Å². The number of methoxy groups -OCH3 is 1. The number of halogens is 1. The smallest absolute Gasteiger partial charge is 0.339 e. The number of rotatable bonds is 2. The van der Waals surface area contributed by atoms with Gasteiger partial charge < -0.3 is 15.8 Å². The number of anilines is 2. The Balaban J connectivity index is 3.24. The molecule has 0 aliphatic carbocycles. The summed E-state index contributed by atoms with van der Waals surface area (Å²) >= 11 is 5.82. The molecule has 0 spiro atoms. The second-order valence-corrected chi connectivity index (χ2v) is 3.07. The first kappa shape index (κ1) is 10.7. The third-order valence-corrected chi connectivity index (χ3v) is 2.13. The fraction of sp³-hybridized carbons (Fsp3) is 0.222. The Morgan fingerprint density at radius 3 is 2.71 bits per heavy atom. The zero-order valence-corrected chi connectivity index (χ0v) is 8.68. The fourth-order valence-corrected chi connectivity index (χ4v) is 1.32. The summed E-state index contributed by atoms with van der Waals surface area (Å²) in [6, 6.07) is 3.07. The summed E-state index contributed by atoms with van der Waals surface area (Å²) in [5, 5.41) is 3.14. The monoisotopic (exact) mass is 214 g/mol. The predicted octanol–water partition coefficient (Wildman–Crippen LogP) is 1.75. The molecule has 1 aromatic carbocycles.